The number of aryl methyl sites for hydroxylation is 1. The van der Waals surface area contributed by atoms with Crippen molar-refractivity contribution in [2.24, 2.45) is 0 Å². The standard InChI is InChI=1S/C25H21N3O5/c1-17-6-8-18(9-7-17)16-33-24-14-23(32-2)11-10-19(24)12-20(15-26)25(29)27-21-4-3-5-22(13-21)28(30)31/h3-14H,16H2,1-2H3,(H,27,29)/b20-12+. The monoisotopic (exact) mass is 443 g/mol. The zero-order valence-corrected chi connectivity index (χ0v) is 18.1. The molecule has 8 nitrogen and oxygen atoms in total. The Balaban J connectivity index is 1.85. The molecule has 8 heteroatoms. The minimum absolute atomic E-state index is 0.169. The number of amides is 1. The molecule has 0 aliphatic rings. The molecule has 0 aliphatic carbocycles. The van der Waals surface area contributed by atoms with Crippen molar-refractivity contribution in [3.05, 3.63) is 99.1 Å². The highest BCUT2D eigenvalue weighted by Gasteiger charge is 2.14. The number of rotatable bonds is 8. The summed E-state index contributed by atoms with van der Waals surface area (Å²) in [6.07, 6.45) is 1.40. The highest BCUT2D eigenvalue weighted by molar-refractivity contribution is 6.10. The van der Waals surface area contributed by atoms with Crippen LogP contribution in [0.1, 0.15) is 16.7 Å². The Morgan fingerprint density at radius 2 is 1.91 bits per heavy atom. The van der Waals surface area contributed by atoms with E-state index in [-0.39, 0.29) is 23.6 Å². The molecule has 3 aromatic carbocycles. The number of anilines is 1. The lowest BCUT2D eigenvalue weighted by atomic mass is 10.1. The third-order valence-corrected chi connectivity index (χ3v) is 4.72. The van der Waals surface area contributed by atoms with Gasteiger partial charge in [-0.05, 0) is 36.8 Å². The van der Waals surface area contributed by atoms with Gasteiger partial charge in [-0.2, -0.15) is 5.26 Å². The molecule has 0 saturated heterocycles. The number of non-ortho nitro benzene ring substituents is 1. The fourth-order valence-corrected chi connectivity index (χ4v) is 2.93. The van der Waals surface area contributed by atoms with Crippen molar-refractivity contribution in [3.8, 4) is 17.6 Å². The second-order valence-electron chi connectivity index (χ2n) is 7.11. The van der Waals surface area contributed by atoms with Gasteiger partial charge in [-0.15, -0.1) is 0 Å². The van der Waals surface area contributed by atoms with Gasteiger partial charge in [0, 0.05) is 29.4 Å². The summed E-state index contributed by atoms with van der Waals surface area (Å²) in [5, 5.41) is 23.0. The number of hydrogen-bond acceptors (Lipinski definition) is 6. The van der Waals surface area contributed by atoms with E-state index in [0.29, 0.717) is 17.1 Å². The molecule has 3 rings (SSSR count). The molecule has 0 unspecified atom stereocenters. The third-order valence-electron chi connectivity index (χ3n) is 4.72. The molecule has 0 atom stereocenters. The Bertz CT molecular complexity index is 1240. The summed E-state index contributed by atoms with van der Waals surface area (Å²) < 4.78 is 11.2. The van der Waals surface area contributed by atoms with E-state index in [1.165, 1.54) is 37.5 Å². The smallest absolute Gasteiger partial charge is 0.271 e. The molecule has 0 spiro atoms. The van der Waals surface area contributed by atoms with Crippen molar-refractivity contribution in [1.29, 1.82) is 5.26 Å². The molecule has 33 heavy (non-hydrogen) atoms. The number of hydrogen-bond donors (Lipinski definition) is 1. The second kappa shape index (κ2) is 10.6. The maximum atomic E-state index is 12.6. The molecule has 0 saturated carbocycles. The predicted molar refractivity (Wildman–Crippen MR) is 124 cm³/mol. The lowest BCUT2D eigenvalue weighted by Crippen LogP contribution is -2.13. The Labute approximate surface area is 190 Å². The normalized spacial score (nSPS) is 10.8. The molecular weight excluding hydrogens is 422 g/mol. The number of ether oxygens (including phenoxy) is 2. The van der Waals surface area contributed by atoms with Crippen molar-refractivity contribution in [2.75, 3.05) is 12.4 Å². The number of methoxy groups -OCH3 is 1. The number of carbonyl (C=O) groups is 1. The van der Waals surface area contributed by atoms with Gasteiger partial charge < -0.3 is 14.8 Å². The van der Waals surface area contributed by atoms with Crippen molar-refractivity contribution in [3.63, 3.8) is 0 Å². The lowest BCUT2D eigenvalue weighted by molar-refractivity contribution is -0.384. The SMILES string of the molecule is COc1ccc(/C=C(\C#N)C(=O)Nc2cccc([N+](=O)[O-])c2)c(OCc2ccc(C)cc2)c1. The lowest BCUT2D eigenvalue weighted by Gasteiger charge is -2.12. The van der Waals surface area contributed by atoms with E-state index in [0.717, 1.165) is 11.1 Å². The van der Waals surface area contributed by atoms with Crippen LogP contribution < -0.4 is 14.8 Å². The van der Waals surface area contributed by atoms with Crippen LogP contribution in [0.15, 0.2) is 72.3 Å². The van der Waals surface area contributed by atoms with E-state index in [1.807, 2.05) is 37.3 Å². The minimum atomic E-state index is -0.696. The molecule has 0 aliphatic heterocycles. The van der Waals surface area contributed by atoms with Crippen molar-refractivity contribution in [2.45, 2.75) is 13.5 Å². The number of nitrogens with one attached hydrogen (secondary N) is 1. The van der Waals surface area contributed by atoms with E-state index in [2.05, 4.69) is 5.32 Å². The third kappa shape index (κ3) is 6.18. The highest BCUT2D eigenvalue weighted by atomic mass is 16.6. The van der Waals surface area contributed by atoms with Gasteiger partial charge in [0.1, 0.15) is 29.7 Å². The summed E-state index contributed by atoms with van der Waals surface area (Å²) in [5.74, 6) is 0.301. The molecule has 166 valence electrons. The van der Waals surface area contributed by atoms with Gasteiger partial charge in [0.05, 0.1) is 12.0 Å². The Hall–Kier alpha value is -4.64. The summed E-state index contributed by atoms with van der Waals surface area (Å²) in [6, 6.07) is 20.3. The summed E-state index contributed by atoms with van der Waals surface area (Å²) in [6.45, 7) is 2.29. The van der Waals surface area contributed by atoms with E-state index < -0.39 is 10.8 Å². The first kappa shape index (κ1) is 23.0. The summed E-state index contributed by atoms with van der Waals surface area (Å²) in [7, 11) is 1.53. The van der Waals surface area contributed by atoms with Crippen molar-refractivity contribution >= 4 is 23.4 Å². The van der Waals surface area contributed by atoms with E-state index in [9.17, 15) is 20.2 Å². The highest BCUT2D eigenvalue weighted by Crippen LogP contribution is 2.28. The van der Waals surface area contributed by atoms with Gasteiger partial charge in [0.15, 0.2) is 0 Å². The van der Waals surface area contributed by atoms with Gasteiger partial charge in [-0.3, -0.25) is 14.9 Å². The summed E-state index contributed by atoms with van der Waals surface area (Å²) >= 11 is 0. The van der Waals surface area contributed by atoms with Crippen molar-refractivity contribution in [1.82, 2.24) is 0 Å². The number of nitriles is 1. The van der Waals surface area contributed by atoms with Crippen LogP contribution in [0.25, 0.3) is 6.08 Å². The van der Waals surface area contributed by atoms with Gasteiger partial charge in [-0.25, -0.2) is 0 Å². The molecule has 3 aromatic rings. The van der Waals surface area contributed by atoms with E-state index in [4.69, 9.17) is 9.47 Å². The molecular formula is C25H21N3O5. The fraction of sp³-hybridized carbons (Fsp3) is 0.120. The predicted octanol–water partition coefficient (Wildman–Crippen LogP) is 5.04. The van der Waals surface area contributed by atoms with Gasteiger partial charge in [-0.1, -0.05) is 35.9 Å². The zero-order valence-electron chi connectivity index (χ0n) is 18.1. The number of nitro groups is 1. The minimum Gasteiger partial charge on any atom is -0.497 e. The Morgan fingerprint density at radius 1 is 1.15 bits per heavy atom. The largest absolute Gasteiger partial charge is 0.497 e. The van der Waals surface area contributed by atoms with Crippen LogP contribution in [0, 0.1) is 28.4 Å². The number of benzene rings is 3. The molecule has 1 N–H and O–H groups in total. The molecule has 1 amide bonds. The first-order valence-corrected chi connectivity index (χ1v) is 9.93. The van der Waals surface area contributed by atoms with Crippen LogP contribution >= 0.6 is 0 Å². The Morgan fingerprint density at radius 3 is 2.58 bits per heavy atom. The van der Waals surface area contributed by atoms with Gasteiger partial charge >= 0.3 is 0 Å². The molecule has 0 aromatic heterocycles. The molecule has 0 fully saturated rings. The first-order chi connectivity index (χ1) is 15.9. The van der Waals surface area contributed by atoms with Crippen molar-refractivity contribution < 1.29 is 19.2 Å². The van der Waals surface area contributed by atoms with Crippen LogP contribution in [0.3, 0.4) is 0 Å². The maximum absolute atomic E-state index is 12.6. The fourth-order valence-electron chi connectivity index (χ4n) is 2.93. The topological polar surface area (TPSA) is 114 Å². The summed E-state index contributed by atoms with van der Waals surface area (Å²) in [5.41, 5.74) is 2.46. The van der Waals surface area contributed by atoms with Crippen LogP contribution in [0.5, 0.6) is 11.5 Å². The Kier molecular flexibility index (Phi) is 7.39. The summed E-state index contributed by atoms with van der Waals surface area (Å²) in [4.78, 5) is 23.0. The van der Waals surface area contributed by atoms with Crippen LogP contribution in [0.4, 0.5) is 11.4 Å². The quantitative estimate of drug-likeness (QED) is 0.226. The molecule has 0 heterocycles. The molecule has 0 radical (unpaired) electrons. The van der Waals surface area contributed by atoms with Crippen LogP contribution in [0.2, 0.25) is 0 Å². The van der Waals surface area contributed by atoms with Gasteiger partial charge in [0.25, 0.3) is 11.6 Å². The maximum Gasteiger partial charge on any atom is 0.271 e. The average molecular weight is 443 g/mol. The van der Waals surface area contributed by atoms with Crippen LogP contribution in [-0.2, 0) is 11.4 Å². The van der Waals surface area contributed by atoms with Crippen LogP contribution in [-0.4, -0.2) is 17.9 Å². The number of carbonyl (C=O) groups excluding carboxylic acids is 1. The van der Waals surface area contributed by atoms with Gasteiger partial charge in [0.2, 0.25) is 0 Å². The number of nitro benzene ring substituents is 1. The number of nitrogens with zero attached hydrogens (tertiary/aromatic N) is 2. The second-order valence-corrected chi connectivity index (χ2v) is 7.11. The van der Waals surface area contributed by atoms with E-state index >= 15 is 0 Å². The average Bonchev–Trinajstić information content (AvgIpc) is 2.82. The molecule has 0 bridgehead atoms. The first-order valence-electron chi connectivity index (χ1n) is 9.93. The van der Waals surface area contributed by atoms with E-state index in [1.54, 1.807) is 18.2 Å². The zero-order chi connectivity index (χ0) is 23.8.